The molecule has 1 heterocycles. The molecule has 1 amide bonds. The molecule has 3 aliphatic carbocycles. The number of fused-ring (bicyclic) bond motifs is 3. The number of aliphatic hydroxyl groups excluding tert-OH is 2. The van der Waals surface area contributed by atoms with Gasteiger partial charge in [0.25, 0.3) is 5.91 Å². The molecule has 1 fully saturated rings. The van der Waals surface area contributed by atoms with Crippen LogP contribution >= 0.6 is 0 Å². The Kier molecular flexibility index (Phi) is 4.67. The fourth-order valence-corrected chi connectivity index (χ4v) is 6.21. The van der Waals surface area contributed by atoms with Gasteiger partial charge in [-0.2, -0.15) is 0 Å². The van der Waals surface area contributed by atoms with Crippen molar-refractivity contribution in [2.45, 2.75) is 38.1 Å². The number of aliphatic hydroxyl groups is 2. The summed E-state index contributed by atoms with van der Waals surface area (Å²) in [5, 5.41) is 32.0. The maximum absolute atomic E-state index is 13.4. The Morgan fingerprint density at radius 1 is 1.16 bits per heavy atom. The molecule has 1 saturated heterocycles. The molecule has 3 unspecified atom stereocenters. The van der Waals surface area contributed by atoms with Crippen LogP contribution in [-0.4, -0.2) is 51.3 Å². The molecule has 0 aromatic heterocycles. The lowest BCUT2D eigenvalue weighted by Gasteiger charge is -2.40. The third kappa shape index (κ3) is 2.89. The molecule has 0 radical (unpaired) electrons. The smallest absolute Gasteiger partial charge is 0.255 e. The molecule has 4 atom stereocenters. The molecule has 168 valence electrons. The first-order valence-electron chi connectivity index (χ1n) is 11.0. The van der Waals surface area contributed by atoms with Gasteiger partial charge in [0.15, 0.2) is 11.6 Å². The van der Waals surface area contributed by atoms with Crippen LogP contribution in [0.3, 0.4) is 0 Å². The van der Waals surface area contributed by atoms with Crippen molar-refractivity contribution >= 4 is 17.5 Å². The summed E-state index contributed by atoms with van der Waals surface area (Å²) in [5.74, 6) is -4.96. The van der Waals surface area contributed by atoms with Gasteiger partial charge in [-0.05, 0) is 68.3 Å². The number of hydrogen-bond donors (Lipinski definition) is 4. The topological polar surface area (TPSA) is 141 Å². The van der Waals surface area contributed by atoms with Gasteiger partial charge in [0.1, 0.15) is 22.8 Å². The summed E-state index contributed by atoms with van der Waals surface area (Å²) in [7, 11) is 2.04. The average molecular weight is 438 g/mol. The summed E-state index contributed by atoms with van der Waals surface area (Å²) < 4.78 is 0. The minimum atomic E-state index is -1.08. The van der Waals surface area contributed by atoms with E-state index < -0.39 is 34.9 Å². The first kappa shape index (κ1) is 20.8. The summed E-state index contributed by atoms with van der Waals surface area (Å²) in [5.41, 5.74) is 6.75. The minimum absolute atomic E-state index is 0.0434. The highest BCUT2D eigenvalue weighted by Gasteiger charge is 2.50. The molecule has 4 aliphatic rings. The standard InChI is InChI=1S/C24H26N2O6/c1-26-4-2-3-14(26)10-5-11-6-12-7-13-9-16(28)20(24(25)32)23(31)19(13)22(30)18(12)21(29)17(11)15(27)8-10/h5,8,12-14,19,27-28,30H,2-4,6-7,9H2,1H3,(H2,25,32)/t12-,13?,14?,19?/m0/s1. The number of ketones is 2. The van der Waals surface area contributed by atoms with Gasteiger partial charge in [0.2, 0.25) is 0 Å². The Morgan fingerprint density at radius 2 is 1.91 bits per heavy atom. The highest BCUT2D eigenvalue weighted by Crippen LogP contribution is 2.50. The summed E-state index contributed by atoms with van der Waals surface area (Å²) in [4.78, 5) is 40.1. The van der Waals surface area contributed by atoms with Crippen LogP contribution < -0.4 is 5.73 Å². The molecule has 8 heteroatoms. The van der Waals surface area contributed by atoms with Crippen LogP contribution in [-0.2, 0) is 16.0 Å². The number of nitrogens with two attached hydrogens (primary N) is 1. The number of rotatable bonds is 2. The number of likely N-dealkylation sites (tertiary alicyclic amines) is 1. The lowest BCUT2D eigenvalue weighted by atomic mass is 9.62. The lowest BCUT2D eigenvalue weighted by molar-refractivity contribution is -0.126. The van der Waals surface area contributed by atoms with Gasteiger partial charge in [-0.1, -0.05) is 6.07 Å². The van der Waals surface area contributed by atoms with Crippen LogP contribution in [0.25, 0.3) is 0 Å². The van der Waals surface area contributed by atoms with Crippen LogP contribution in [0.15, 0.2) is 34.8 Å². The van der Waals surface area contributed by atoms with Gasteiger partial charge < -0.3 is 21.1 Å². The Hall–Kier alpha value is -3.13. The normalized spacial score (nSPS) is 30.3. The van der Waals surface area contributed by atoms with E-state index in [-0.39, 0.29) is 46.8 Å². The fraction of sp³-hybridized carbons (Fsp3) is 0.458. The zero-order valence-electron chi connectivity index (χ0n) is 17.8. The molecule has 1 aromatic rings. The molecule has 8 nitrogen and oxygen atoms in total. The quantitative estimate of drug-likeness (QED) is 0.519. The summed E-state index contributed by atoms with van der Waals surface area (Å²) in [6.07, 6.45) is 2.95. The highest BCUT2D eigenvalue weighted by molar-refractivity contribution is 6.22. The minimum Gasteiger partial charge on any atom is -0.511 e. The Morgan fingerprint density at radius 3 is 2.56 bits per heavy atom. The Labute approximate surface area is 185 Å². The first-order chi connectivity index (χ1) is 15.2. The number of nitrogens with zero attached hydrogens (tertiary/aromatic N) is 1. The molecule has 5 rings (SSSR count). The van der Waals surface area contributed by atoms with Crippen molar-refractivity contribution in [1.82, 2.24) is 4.90 Å². The van der Waals surface area contributed by atoms with Crippen LogP contribution in [0.1, 0.15) is 53.2 Å². The number of Topliss-reactive ketones (excluding diaryl/α,β-unsaturated/α-hetero) is 2. The second kappa shape index (κ2) is 7.20. The van der Waals surface area contributed by atoms with E-state index in [0.29, 0.717) is 12.8 Å². The zero-order chi connectivity index (χ0) is 22.9. The summed E-state index contributed by atoms with van der Waals surface area (Å²) in [6, 6.07) is 3.80. The molecule has 32 heavy (non-hydrogen) atoms. The molecule has 1 aromatic carbocycles. The monoisotopic (exact) mass is 438 g/mol. The average Bonchev–Trinajstić information content (AvgIpc) is 3.12. The molecular formula is C24H26N2O6. The molecule has 5 N–H and O–H groups in total. The summed E-state index contributed by atoms with van der Waals surface area (Å²) >= 11 is 0. The SMILES string of the molecule is CN1CCCC1c1cc(O)c2c(c1)C[C@H]1CC3CC(O)=C(C(N)=O)C(=O)C3C(O)=C1C2=O. The van der Waals surface area contributed by atoms with Crippen molar-refractivity contribution in [3.8, 4) is 5.75 Å². The number of primary amides is 1. The van der Waals surface area contributed by atoms with Gasteiger partial charge in [-0.15, -0.1) is 0 Å². The third-order valence-corrected chi connectivity index (χ3v) is 7.62. The van der Waals surface area contributed by atoms with Crippen molar-refractivity contribution in [3.05, 3.63) is 51.5 Å². The third-order valence-electron chi connectivity index (χ3n) is 7.62. The highest BCUT2D eigenvalue weighted by atomic mass is 16.3. The number of phenolic OH excluding ortho intramolecular Hbond substituents is 1. The van der Waals surface area contributed by atoms with Gasteiger partial charge in [0, 0.05) is 18.0 Å². The van der Waals surface area contributed by atoms with E-state index in [2.05, 4.69) is 4.90 Å². The molecule has 0 saturated carbocycles. The number of aromatic hydroxyl groups is 1. The first-order valence-corrected chi connectivity index (χ1v) is 11.0. The van der Waals surface area contributed by atoms with Gasteiger partial charge in [0.05, 0.1) is 11.5 Å². The number of amides is 1. The number of hydrogen-bond acceptors (Lipinski definition) is 7. The number of carbonyl (C=O) groups is 3. The van der Waals surface area contributed by atoms with Crippen molar-refractivity contribution in [2.75, 3.05) is 13.6 Å². The van der Waals surface area contributed by atoms with Crippen LogP contribution in [0, 0.1) is 17.8 Å². The van der Waals surface area contributed by atoms with Gasteiger partial charge >= 0.3 is 0 Å². The van der Waals surface area contributed by atoms with E-state index in [1.54, 1.807) is 6.07 Å². The Bertz CT molecular complexity index is 1130. The van der Waals surface area contributed by atoms with Crippen LogP contribution in [0.5, 0.6) is 5.75 Å². The van der Waals surface area contributed by atoms with E-state index in [1.807, 2.05) is 13.1 Å². The molecule has 1 aliphatic heterocycles. The van der Waals surface area contributed by atoms with Crippen molar-refractivity contribution in [3.63, 3.8) is 0 Å². The van der Waals surface area contributed by atoms with E-state index >= 15 is 0 Å². The number of phenols is 1. The van der Waals surface area contributed by atoms with Crippen molar-refractivity contribution in [2.24, 2.45) is 23.5 Å². The molecule has 0 bridgehead atoms. The number of allylic oxidation sites excluding steroid dienone is 3. The molecule has 0 spiro atoms. The van der Waals surface area contributed by atoms with Crippen molar-refractivity contribution in [1.29, 1.82) is 0 Å². The van der Waals surface area contributed by atoms with E-state index in [0.717, 1.165) is 30.5 Å². The second-order valence-corrected chi connectivity index (χ2v) is 9.47. The predicted octanol–water partition coefficient (Wildman–Crippen LogP) is 2.23. The van der Waals surface area contributed by atoms with E-state index in [4.69, 9.17) is 5.73 Å². The predicted molar refractivity (Wildman–Crippen MR) is 114 cm³/mol. The molecular weight excluding hydrogens is 412 g/mol. The number of benzene rings is 1. The summed E-state index contributed by atoms with van der Waals surface area (Å²) in [6.45, 7) is 0.978. The lowest BCUT2D eigenvalue weighted by Crippen LogP contribution is -2.43. The van der Waals surface area contributed by atoms with Crippen LogP contribution in [0.2, 0.25) is 0 Å². The number of carbonyl (C=O) groups excluding carboxylic acids is 3. The van der Waals surface area contributed by atoms with Gasteiger partial charge in [-0.3, -0.25) is 19.3 Å². The van der Waals surface area contributed by atoms with Crippen molar-refractivity contribution < 1.29 is 29.7 Å². The second-order valence-electron chi connectivity index (χ2n) is 9.47. The van der Waals surface area contributed by atoms with E-state index in [9.17, 15) is 29.7 Å². The maximum Gasteiger partial charge on any atom is 0.255 e. The zero-order valence-corrected chi connectivity index (χ0v) is 17.8. The fourth-order valence-electron chi connectivity index (χ4n) is 6.21. The van der Waals surface area contributed by atoms with E-state index in [1.165, 1.54) is 0 Å². The van der Waals surface area contributed by atoms with Gasteiger partial charge in [-0.25, -0.2) is 0 Å². The Balaban J connectivity index is 1.57. The maximum atomic E-state index is 13.4. The largest absolute Gasteiger partial charge is 0.511 e. The van der Waals surface area contributed by atoms with Crippen LogP contribution in [0.4, 0.5) is 0 Å².